The molecule has 13 nitrogen and oxygen atoms in total. The lowest BCUT2D eigenvalue weighted by atomic mass is 9.60. The Balaban J connectivity index is 0.818. The Morgan fingerprint density at radius 2 is 1.54 bits per heavy atom. The van der Waals surface area contributed by atoms with Gasteiger partial charge in [-0.25, -0.2) is 4.39 Å². The van der Waals surface area contributed by atoms with Gasteiger partial charge >= 0.3 is 0 Å². The van der Waals surface area contributed by atoms with Crippen LogP contribution in [-0.2, 0) is 9.59 Å². The summed E-state index contributed by atoms with van der Waals surface area (Å²) >= 11 is 0. The van der Waals surface area contributed by atoms with Crippen molar-refractivity contribution in [1.29, 1.82) is 0 Å². The minimum atomic E-state index is -1.08. The highest BCUT2D eigenvalue weighted by atomic mass is 19.1. The lowest BCUT2D eigenvalue weighted by Gasteiger charge is -2.56. The van der Waals surface area contributed by atoms with E-state index in [2.05, 4.69) is 30.6 Å². The van der Waals surface area contributed by atoms with E-state index in [1.54, 1.807) is 6.07 Å². The number of piperazine rings is 1. The minimum Gasteiger partial charge on any atom is -0.367 e. The second kappa shape index (κ2) is 13.0. The van der Waals surface area contributed by atoms with Gasteiger partial charge < -0.3 is 15.1 Å². The normalized spacial score (nSPS) is 24.7. The van der Waals surface area contributed by atoms with Crippen LogP contribution in [0.2, 0.25) is 0 Å². The topological polar surface area (TPSA) is 148 Å². The van der Waals surface area contributed by atoms with Crippen LogP contribution in [-0.4, -0.2) is 107 Å². The van der Waals surface area contributed by atoms with Crippen molar-refractivity contribution in [2.75, 3.05) is 49.1 Å². The Bertz CT molecular complexity index is 1710. The first-order valence-corrected chi connectivity index (χ1v) is 18.1. The third kappa shape index (κ3) is 6.01. The van der Waals surface area contributed by atoms with Gasteiger partial charge in [-0.1, -0.05) is 19.3 Å². The van der Waals surface area contributed by atoms with Crippen LogP contribution in [0.1, 0.15) is 102 Å². The Hall–Kier alpha value is -4.46. The second-order valence-corrected chi connectivity index (χ2v) is 15.0. The molecule has 264 valence electrons. The minimum absolute atomic E-state index is 0.0282. The highest BCUT2D eigenvalue weighted by molar-refractivity contribution is 6.23. The van der Waals surface area contributed by atoms with E-state index < -0.39 is 35.5 Å². The molecule has 3 saturated heterocycles. The molecule has 6 aliphatic rings. The summed E-state index contributed by atoms with van der Waals surface area (Å²) in [6, 6.07) is 5.89. The molecule has 1 aromatic heterocycles. The molecular weight excluding hydrogens is 643 g/mol. The number of anilines is 2. The van der Waals surface area contributed by atoms with Crippen molar-refractivity contribution in [3.8, 4) is 0 Å². The number of fused-ring (bicyclic) bond motifs is 1. The molecule has 5 amide bonds. The first-order valence-electron chi connectivity index (χ1n) is 18.1. The zero-order valence-electron chi connectivity index (χ0n) is 28.2. The van der Waals surface area contributed by atoms with E-state index >= 15 is 4.39 Å². The molecule has 4 aliphatic heterocycles. The third-order valence-electron chi connectivity index (χ3n) is 12.0. The van der Waals surface area contributed by atoms with Crippen molar-refractivity contribution in [3.05, 3.63) is 46.9 Å². The van der Waals surface area contributed by atoms with Gasteiger partial charge in [0, 0.05) is 57.8 Å². The van der Waals surface area contributed by atoms with Crippen molar-refractivity contribution in [1.82, 2.24) is 30.6 Å². The van der Waals surface area contributed by atoms with E-state index in [1.165, 1.54) is 12.5 Å². The zero-order chi connectivity index (χ0) is 34.6. The molecule has 2 saturated carbocycles. The summed E-state index contributed by atoms with van der Waals surface area (Å²) in [6.07, 6.45) is 10.1. The molecule has 8 rings (SSSR count). The van der Waals surface area contributed by atoms with Crippen LogP contribution in [0.3, 0.4) is 0 Å². The van der Waals surface area contributed by atoms with Crippen LogP contribution in [0.25, 0.3) is 0 Å². The van der Waals surface area contributed by atoms with Gasteiger partial charge in [0.25, 0.3) is 17.7 Å². The van der Waals surface area contributed by atoms with Crippen LogP contribution < -0.4 is 20.4 Å². The van der Waals surface area contributed by atoms with Crippen molar-refractivity contribution in [3.63, 3.8) is 0 Å². The van der Waals surface area contributed by atoms with Crippen LogP contribution in [0.4, 0.5) is 15.9 Å². The SMILES string of the molecule is O=C1CCC(N2C(=O)c3cc(F)c(N4CCN(C5CC6(CCN(c7ccc(C(=O)NC8CCCCC8)nn7)CC6)C5)CC4)cc3C2=O)C(=O)N1. The number of hydrogen-bond donors (Lipinski definition) is 2. The number of carbonyl (C=O) groups is 5. The molecule has 2 aromatic rings. The molecule has 0 bridgehead atoms. The average Bonchev–Trinajstić information content (AvgIpc) is 3.35. The molecule has 14 heteroatoms. The number of nitrogens with one attached hydrogen (secondary N) is 2. The Morgan fingerprint density at radius 1 is 0.840 bits per heavy atom. The summed E-state index contributed by atoms with van der Waals surface area (Å²) < 4.78 is 15.4. The second-order valence-electron chi connectivity index (χ2n) is 15.0. The number of nitrogens with zero attached hydrogens (tertiary/aromatic N) is 6. The Kier molecular flexibility index (Phi) is 8.52. The van der Waals surface area contributed by atoms with Gasteiger partial charge in [0.05, 0.1) is 16.8 Å². The molecule has 50 heavy (non-hydrogen) atoms. The molecule has 2 N–H and O–H groups in total. The van der Waals surface area contributed by atoms with E-state index in [-0.39, 0.29) is 41.6 Å². The Labute approximate surface area is 289 Å². The largest absolute Gasteiger partial charge is 0.367 e. The fourth-order valence-electron chi connectivity index (χ4n) is 8.99. The first-order chi connectivity index (χ1) is 24.2. The van der Waals surface area contributed by atoms with Crippen molar-refractivity contribution >= 4 is 41.0 Å². The highest BCUT2D eigenvalue weighted by Crippen LogP contribution is 2.51. The molecule has 2 aliphatic carbocycles. The number of benzene rings is 1. The zero-order valence-corrected chi connectivity index (χ0v) is 28.2. The summed E-state index contributed by atoms with van der Waals surface area (Å²) in [5.41, 5.74) is 1.01. The van der Waals surface area contributed by atoms with E-state index in [0.29, 0.717) is 30.2 Å². The maximum atomic E-state index is 15.4. The van der Waals surface area contributed by atoms with E-state index in [1.807, 2.05) is 11.0 Å². The van der Waals surface area contributed by atoms with Gasteiger partial charge in [0.2, 0.25) is 11.8 Å². The van der Waals surface area contributed by atoms with Gasteiger partial charge in [-0.15, -0.1) is 10.2 Å². The average molecular weight is 687 g/mol. The third-order valence-corrected chi connectivity index (χ3v) is 12.0. The van der Waals surface area contributed by atoms with Crippen molar-refractivity contribution in [2.24, 2.45) is 5.41 Å². The van der Waals surface area contributed by atoms with E-state index in [4.69, 9.17) is 0 Å². The number of hydrogen-bond acceptors (Lipinski definition) is 10. The smallest absolute Gasteiger partial charge is 0.272 e. The Morgan fingerprint density at radius 3 is 2.20 bits per heavy atom. The number of imide groups is 2. The van der Waals surface area contributed by atoms with Crippen LogP contribution in [0, 0.1) is 11.2 Å². The van der Waals surface area contributed by atoms with Gasteiger partial charge in [-0.05, 0) is 74.6 Å². The maximum Gasteiger partial charge on any atom is 0.272 e. The lowest BCUT2D eigenvalue weighted by molar-refractivity contribution is -0.136. The monoisotopic (exact) mass is 686 g/mol. The first kappa shape index (κ1) is 32.7. The van der Waals surface area contributed by atoms with Crippen LogP contribution >= 0.6 is 0 Å². The molecule has 5 fully saturated rings. The summed E-state index contributed by atoms with van der Waals surface area (Å²) in [6.45, 7) is 4.55. The summed E-state index contributed by atoms with van der Waals surface area (Å²) in [7, 11) is 0. The number of halogens is 1. The number of piperidine rings is 2. The molecule has 5 heterocycles. The van der Waals surface area contributed by atoms with Gasteiger partial charge in [0.15, 0.2) is 11.5 Å². The number of carbonyl (C=O) groups excluding carboxylic acids is 5. The standard InChI is InChI=1S/C36H43FN8O5/c37-26-18-24-25(35(50)45(34(24)49)28-7-9-31(46)39-33(28)48)19-29(26)43-16-14-42(15-17-43)23-20-36(21-23)10-12-44(13-11-36)30-8-6-27(40-41-30)32(47)38-22-4-2-1-3-5-22/h6,8,18-19,22-23,28H,1-5,7,9-17,20-21H2,(H,38,47)(H,39,46,48). The molecule has 1 aromatic carbocycles. The summed E-state index contributed by atoms with van der Waals surface area (Å²) in [5, 5.41) is 13.9. The van der Waals surface area contributed by atoms with Gasteiger partial charge in [-0.3, -0.25) is 39.1 Å². The highest BCUT2D eigenvalue weighted by Gasteiger charge is 2.49. The summed E-state index contributed by atoms with van der Waals surface area (Å²) in [4.78, 5) is 70.5. The lowest BCUT2D eigenvalue weighted by Crippen LogP contribution is -2.59. The number of amides is 5. The molecule has 1 unspecified atom stereocenters. The predicted molar refractivity (Wildman–Crippen MR) is 180 cm³/mol. The van der Waals surface area contributed by atoms with E-state index in [9.17, 15) is 24.0 Å². The van der Waals surface area contributed by atoms with Gasteiger partial charge in [-0.2, -0.15) is 0 Å². The van der Waals surface area contributed by atoms with Crippen LogP contribution in [0.5, 0.6) is 0 Å². The summed E-state index contributed by atoms with van der Waals surface area (Å²) in [5.74, 6) is -2.37. The molecule has 1 spiro atoms. The van der Waals surface area contributed by atoms with Crippen molar-refractivity contribution < 1.29 is 28.4 Å². The fourth-order valence-corrected chi connectivity index (χ4v) is 8.99. The molecular formula is C36H43FN8O5. The van der Waals surface area contributed by atoms with E-state index in [0.717, 1.165) is 94.3 Å². The van der Waals surface area contributed by atoms with Crippen molar-refractivity contribution in [2.45, 2.75) is 88.8 Å². The molecule has 1 atom stereocenters. The fraction of sp³-hybridized carbons (Fsp3) is 0.583. The van der Waals surface area contributed by atoms with Crippen LogP contribution in [0.15, 0.2) is 24.3 Å². The molecule has 0 radical (unpaired) electrons. The quantitative estimate of drug-likeness (QED) is 0.435. The maximum absolute atomic E-state index is 15.4. The number of rotatable bonds is 6. The van der Waals surface area contributed by atoms with Gasteiger partial charge in [0.1, 0.15) is 11.9 Å². The number of aromatic nitrogens is 2. The predicted octanol–water partition coefficient (Wildman–Crippen LogP) is 2.65.